The first-order valence-corrected chi connectivity index (χ1v) is 10.6. The molecule has 3 rings (SSSR count). The highest BCUT2D eigenvalue weighted by Gasteiger charge is 2.22. The minimum atomic E-state index is -3.78. The quantitative estimate of drug-likeness (QED) is 0.845. The van der Waals surface area contributed by atoms with Gasteiger partial charge >= 0.3 is 0 Å². The Morgan fingerprint density at radius 1 is 1.04 bits per heavy atom. The fraction of sp³-hybridized carbons (Fsp3) is 0.350. The van der Waals surface area contributed by atoms with Crippen molar-refractivity contribution in [3.05, 3.63) is 59.2 Å². The molecule has 2 N–H and O–H groups in total. The number of rotatable bonds is 4. The maximum absolute atomic E-state index is 12.9. The van der Waals surface area contributed by atoms with Crippen LogP contribution in [-0.4, -0.2) is 45.4 Å². The van der Waals surface area contributed by atoms with Gasteiger partial charge in [-0.1, -0.05) is 24.3 Å². The summed E-state index contributed by atoms with van der Waals surface area (Å²) in [6, 6.07) is 11.9. The summed E-state index contributed by atoms with van der Waals surface area (Å²) >= 11 is 0. The van der Waals surface area contributed by atoms with Gasteiger partial charge in [0.2, 0.25) is 0 Å². The predicted octanol–water partition coefficient (Wildman–Crippen LogP) is 2.54. The van der Waals surface area contributed by atoms with Crippen molar-refractivity contribution >= 4 is 21.6 Å². The molecule has 1 aliphatic rings. The number of amides is 1. The van der Waals surface area contributed by atoms with E-state index in [1.165, 1.54) is 12.1 Å². The highest BCUT2D eigenvalue weighted by Crippen LogP contribution is 2.22. The van der Waals surface area contributed by atoms with Crippen LogP contribution in [0.1, 0.15) is 27.9 Å². The van der Waals surface area contributed by atoms with Crippen molar-refractivity contribution in [1.29, 1.82) is 0 Å². The van der Waals surface area contributed by atoms with Gasteiger partial charge in [-0.05, 0) is 56.1 Å². The normalized spacial score (nSPS) is 15.3. The predicted molar refractivity (Wildman–Crippen MR) is 107 cm³/mol. The molecule has 1 amide bonds. The molecule has 0 aliphatic carbocycles. The van der Waals surface area contributed by atoms with Gasteiger partial charge in [-0.25, -0.2) is 8.42 Å². The van der Waals surface area contributed by atoms with Crippen LogP contribution >= 0.6 is 0 Å². The Kier molecular flexibility index (Phi) is 5.82. The van der Waals surface area contributed by atoms with Gasteiger partial charge in [0.25, 0.3) is 15.9 Å². The molecule has 0 aromatic heterocycles. The van der Waals surface area contributed by atoms with E-state index in [9.17, 15) is 13.2 Å². The number of sulfonamides is 1. The molecule has 1 saturated heterocycles. The third-order valence-electron chi connectivity index (χ3n) is 4.77. The van der Waals surface area contributed by atoms with Gasteiger partial charge in [0, 0.05) is 25.2 Å². The number of carbonyl (C=O) groups is 1. The van der Waals surface area contributed by atoms with Crippen molar-refractivity contribution < 1.29 is 13.2 Å². The Hall–Kier alpha value is -2.38. The van der Waals surface area contributed by atoms with Crippen LogP contribution in [0.25, 0.3) is 0 Å². The van der Waals surface area contributed by atoms with Crippen LogP contribution in [-0.2, 0) is 10.0 Å². The van der Waals surface area contributed by atoms with Crippen LogP contribution < -0.4 is 10.0 Å². The number of hydrogen-bond donors (Lipinski definition) is 2. The van der Waals surface area contributed by atoms with E-state index in [1.54, 1.807) is 23.1 Å². The third-order valence-corrected chi connectivity index (χ3v) is 6.13. The molecular weight excluding hydrogens is 362 g/mol. The first-order valence-electron chi connectivity index (χ1n) is 9.07. The molecule has 2 aromatic carbocycles. The Morgan fingerprint density at radius 3 is 2.59 bits per heavy atom. The molecule has 1 fully saturated rings. The Balaban J connectivity index is 1.90. The molecule has 27 heavy (non-hydrogen) atoms. The summed E-state index contributed by atoms with van der Waals surface area (Å²) in [6.07, 6.45) is 0.887. The number of anilines is 1. The van der Waals surface area contributed by atoms with E-state index in [2.05, 4.69) is 10.0 Å². The molecule has 6 nitrogen and oxygen atoms in total. The van der Waals surface area contributed by atoms with Gasteiger partial charge in [-0.2, -0.15) is 0 Å². The van der Waals surface area contributed by atoms with Crippen molar-refractivity contribution in [1.82, 2.24) is 10.2 Å². The van der Waals surface area contributed by atoms with Crippen LogP contribution in [0, 0.1) is 13.8 Å². The maximum atomic E-state index is 12.9. The second kappa shape index (κ2) is 8.10. The SMILES string of the molecule is Cc1ccccc1NS(=O)(=O)c1ccc(C)c(C(=O)N2CCCNCC2)c1. The van der Waals surface area contributed by atoms with Gasteiger partial charge in [0.1, 0.15) is 0 Å². The number of nitrogens with zero attached hydrogens (tertiary/aromatic N) is 1. The molecule has 0 unspecified atom stereocenters. The standard InChI is InChI=1S/C20H25N3O3S/c1-15-8-9-17(27(25,26)22-19-7-4-3-6-16(19)2)14-18(15)20(24)23-12-5-10-21-11-13-23/h3-4,6-9,14,21-22H,5,10-13H2,1-2H3. The lowest BCUT2D eigenvalue weighted by Gasteiger charge is -2.21. The number of nitrogens with one attached hydrogen (secondary N) is 2. The van der Waals surface area contributed by atoms with Crippen LogP contribution in [0.2, 0.25) is 0 Å². The minimum absolute atomic E-state index is 0.0904. The molecule has 2 aromatic rings. The molecule has 7 heteroatoms. The summed E-state index contributed by atoms with van der Waals surface area (Å²) in [7, 11) is -3.78. The van der Waals surface area contributed by atoms with Gasteiger partial charge in [-0.3, -0.25) is 9.52 Å². The summed E-state index contributed by atoms with van der Waals surface area (Å²) < 4.78 is 28.3. The molecule has 1 heterocycles. The smallest absolute Gasteiger partial charge is 0.261 e. The van der Waals surface area contributed by atoms with Crippen molar-refractivity contribution in [2.45, 2.75) is 25.2 Å². The fourth-order valence-electron chi connectivity index (χ4n) is 3.11. The second-order valence-electron chi connectivity index (χ2n) is 6.79. The molecule has 1 aliphatic heterocycles. The first-order chi connectivity index (χ1) is 12.9. The summed E-state index contributed by atoms with van der Waals surface area (Å²) in [6.45, 7) is 6.60. The van der Waals surface area contributed by atoms with E-state index < -0.39 is 10.0 Å². The topological polar surface area (TPSA) is 78.5 Å². The lowest BCUT2D eigenvalue weighted by Crippen LogP contribution is -2.34. The zero-order chi connectivity index (χ0) is 19.4. The van der Waals surface area contributed by atoms with Crippen LogP contribution in [0.3, 0.4) is 0 Å². The summed E-state index contributed by atoms with van der Waals surface area (Å²) in [5.41, 5.74) is 2.57. The Bertz CT molecular complexity index is 933. The number of hydrogen-bond acceptors (Lipinski definition) is 4. The van der Waals surface area contributed by atoms with Gasteiger partial charge in [0.15, 0.2) is 0 Å². The Labute approximate surface area is 160 Å². The highest BCUT2D eigenvalue weighted by molar-refractivity contribution is 7.92. The van der Waals surface area contributed by atoms with Crippen LogP contribution in [0.4, 0.5) is 5.69 Å². The van der Waals surface area contributed by atoms with E-state index >= 15 is 0 Å². The van der Waals surface area contributed by atoms with Gasteiger partial charge in [0.05, 0.1) is 10.6 Å². The molecule has 0 radical (unpaired) electrons. The summed E-state index contributed by atoms with van der Waals surface area (Å²) in [4.78, 5) is 14.8. The zero-order valence-electron chi connectivity index (χ0n) is 15.7. The van der Waals surface area contributed by atoms with Crippen molar-refractivity contribution in [3.8, 4) is 0 Å². The number of benzene rings is 2. The van der Waals surface area contributed by atoms with Crippen molar-refractivity contribution in [2.24, 2.45) is 0 Å². The van der Waals surface area contributed by atoms with Crippen molar-refractivity contribution in [3.63, 3.8) is 0 Å². The Morgan fingerprint density at radius 2 is 1.81 bits per heavy atom. The average molecular weight is 388 g/mol. The monoisotopic (exact) mass is 387 g/mol. The van der Waals surface area contributed by atoms with E-state index in [1.807, 2.05) is 26.0 Å². The lowest BCUT2D eigenvalue weighted by molar-refractivity contribution is 0.0765. The van der Waals surface area contributed by atoms with Crippen molar-refractivity contribution in [2.75, 3.05) is 30.9 Å². The van der Waals surface area contributed by atoms with E-state index in [0.29, 0.717) is 24.3 Å². The van der Waals surface area contributed by atoms with Gasteiger partial charge in [-0.15, -0.1) is 0 Å². The average Bonchev–Trinajstić information content (AvgIpc) is 2.92. The maximum Gasteiger partial charge on any atom is 0.261 e. The molecule has 0 atom stereocenters. The number of carbonyl (C=O) groups excluding carboxylic acids is 1. The zero-order valence-corrected chi connectivity index (χ0v) is 16.5. The second-order valence-corrected chi connectivity index (χ2v) is 8.48. The van der Waals surface area contributed by atoms with Gasteiger partial charge < -0.3 is 10.2 Å². The van der Waals surface area contributed by atoms with Crippen LogP contribution in [0.15, 0.2) is 47.4 Å². The first kappa shape index (κ1) is 19.4. The largest absolute Gasteiger partial charge is 0.337 e. The fourth-order valence-corrected chi connectivity index (χ4v) is 4.27. The van der Waals surface area contributed by atoms with E-state index in [0.717, 1.165) is 30.6 Å². The van der Waals surface area contributed by atoms with Crippen LogP contribution in [0.5, 0.6) is 0 Å². The number of aryl methyl sites for hydroxylation is 2. The minimum Gasteiger partial charge on any atom is -0.337 e. The molecular formula is C20H25N3O3S. The van der Waals surface area contributed by atoms with E-state index in [-0.39, 0.29) is 10.8 Å². The lowest BCUT2D eigenvalue weighted by atomic mass is 10.1. The molecule has 0 spiro atoms. The van der Waals surface area contributed by atoms with E-state index in [4.69, 9.17) is 0 Å². The third kappa shape index (κ3) is 4.48. The molecule has 0 bridgehead atoms. The number of para-hydroxylation sites is 1. The highest BCUT2D eigenvalue weighted by atomic mass is 32.2. The molecule has 144 valence electrons. The summed E-state index contributed by atoms with van der Waals surface area (Å²) in [5, 5.41) is 3.27. The summed E-state index contributed by atoms with van der Waals surface area (Å²) in [5.74, 6) is -0.121. The molecule has 0 saturated carbocycles.